The summed E-state index contributed by atoms with van der Waals surface area (Å²) in [5.41, 5.74) is 4.28. The third-order valence-corrected chi connectivity index (χ3v) is 5.10. The van der Waals surface area contributed by atoms with Crippen molar-refractivity contribution in [2.24, 2.45) is 4.99 Å². The first kappa shape index (κ1) is 16.8. The number of hydrogen-bond acceptors (Lipinski definition) is 4. The predicted molar refractivity (Wildman–Crippen MR) is 103 cm³/mol. The molecule has 5 heteroatoms. The van der Waals surface area contributed by atoms with Crippen molar-refractivity contribution in [2.45, 2.75) is 18.2 Å². The molecule has 1 aliphatic heterocycles. The lowest BCUT2D eigenvalue weighted by Crippen LogP contribution is -2.01. The predicted octanol–water partition coefficient (Wildman–Crippen LogP) is 5.74. The van der Waals surface area contributed by atoms with Crippen LogP contribution in [0.4, 0.5) is 10.1 Å². The van der Waals surface area contributed by atoms with E-state index in [2.05, 4.69) is 11.1 Å². The van der Waals surface area contributed by atoms with Crippen LogP contribution >= 0.6 is 11.8 Å². The van der Waals surface area contributed by atoms with E-state index >= 15 is 0 Å². The van der Waals surface area contributed by atoms with Crippen LogP contribution in [0.5, 0.6) is 11.5 Å². The Hall–Kier alpha value is -2.66. The number of halogens is 1. The highest BCUT2D eigenvalue weighted by Gasteiger charge is 2.16. The maximum absolute atomic E-state index is 13.3. The fraction of sp³-hybridized carbons (Fsp3) is 0.143. The average Bonchev–Trinajstić information content (AvgIpc) is 3.02. The fourth-order valence-corrected chi connectivity index (χ4v) is 3.73. The van der Waals surface area contributed by atoms with Gasteiger partial charge in [-0.15, -0.1) is 11.8 Å². The van der Waals surface area contributed by atoms with Gasteiger partial charge in [0, 0.05) is 46.8 Å². The van der Waals surface area contributed by atoms with Gasteiger partial charge >= 0.3 is 0 Å². The number of aromatic nitrogens is 1. The van der Waals surface area contributed by atoms with Gasteiger partial charge in [-0.05, 0) is 42.8 Å². The largest absolute Gasteiger partial charge is 0.457 e. The van der Waals surface area contributed by atoms with E-state index < -0.39 is 0 Å². The summed E-state index contributed by atoms with van der Waals surface area (Å²) in [6, 6.07) is 16.1. The summed E-state index contributed by atoms with van der Waals surface area (Å²) in [4.78, 5) is 10.2. The number of aryl methyl sites for hydroxylation is 1. The van der Waals surface area contributed by atoms with Crippen molar-refractivity contribution in [1.29, 1.82) is 0 Å². The summed E-state index contributed by atoms with van der Waals surface area (Å²) in [5.74, 6) is 1.68. The Balaban J connectivity index is 1.45. The molecule has 2 heterocycles. The first-order valence-electron chi connectivity index (χ1n) is 8.34. The van der Waals surface area contributed by atoms with Crippen molar-refractivity contribution in [3.63, 3.8) is 0 Å². The van der Waals surface area contributed by atoms with Crippen molar-refractivity contribution in [2.75, 3.05) is 5.75 Å². The quantitative estimate of drug-likeness (QED) is 0.541. The molecule has 2 aromatic carbocycles. The van der Waals surface area contributed by atoms with E-state index in [-0.39, 0.29) is 5.82 Å². The normalized spacial score (nSPS) is 12.6. The number of pyridine rings is 1. The van der Waals surface area contributed by atoms with E-state index in [1.165, 1.54) is 22.6 Å². The van der Waals surface area contributed by atoms with Crippen molar-refractivity contribution >= 4 is 23.2 Å². The van der Waals surface area contributed by atoms with Crippen LogP contribution in [0.25, 0.3) is 0 Å². The van der Waals surface area contributed by atoms with Crippen LogP contribution in [-0.4, -0.2) is 16.4 Å². The molecule has 0 aliphatic carbocycles. The summed E-state index contributed by atoms with van der Waals surface area (Å²) < 4.78 is 19.0. The molecule has 130 valence electrons. The summed E-state index contributed by atoms with van der Waals surface area (Å²) in [6.45, 7) is 1.99. The Bertz CT molecular complexity index is 987. The summed E-state index contributed by atoms with van der Waals surface area (Å²) in [7, 11) is 0. The summed E-state index contributed by atoms with van der Waals surface area (Å²) in [5, 5.41) is 0. The van der Waals surface area contributed by atoms with Gasteiger partial charge in [-0.25, -0.2) is 4.39 Å². The Kier molecular flexibility index (Phi) is 4.71. The van der Waals surface area contributed by atoms with E-state index in [1.807, 2.05) is 37.4 Å². The Morgan fingerprint density at radius 1 is 1.08 bits per heavy atom. The second kappa shape index (κ2) is 7.30. The zero-order chi connectivity index (χ0) is 17.9. The van der Waals surface area contributed by atoms with E-state index in [4.69, 9.17) is 9.73 Å². The number of benzene rings is 2. The molecule has 0 bridgehead atoms. The highest BCUT2D eigenvalue weighted by molar-refractivity contribution is 8.00. The topological polar surface area (TPSA) is 34.5 Å². The van der Waals surface area contributed by atoms with E-state index in [9.17, 15) is 4.39 Å². The molecule has 1 aromatic heterocycles. The fourth-order valence-electron chi connectivity index (χ4n) is 2.82. The number of ether oxygens (including phenoxy) is 1. The van der Waals surface area contributed by atoms with Crippen LogP contribution in [-0.2, 0) is 6.42 Å². The molecule has 4 rings (SSSR count). The minimum absolute atomic E-state index is 0.313. The number of thioether (sulfide) groups is 1. The number of nitrogens with zero attached hydrogens (tertiary/aromatic N) is 2. The molecule has 3 nitrogen and oxygen atoms in total. The highest BCUT2D eigenvalue weighted by Crippen LogP contribution is 2.34. The van der Waals surface area contributed by atoms with Gasteiger partial charge < -0.3 is 4.74 Å². The average molecular weight is 364 g/mol. The molecular formula is C21H17FN2OS. The van der Waals surface area contributed by atoms with E-state index in [0.717, 1.165) is 29.3 Å². The molecular weight excluding hydrogens is 347 g/mol. The lowest BCUT2D eigenvalue weighted by atomic mass is 10.1. The number of rotatable bonds is 5. The molecule has 0 saturated carbocycles. The lowest BCUT2D eigenvalue weighted by Gasteiger charge is -2.06. The zero-order valence-electron chi connectivity index (χ0n) is 14.3. The Morgan fingerprint density at radius 2 is 1.96 bits per heavy atom. The van der Waals surface area contributed by atoms with Crippen LogP contribution in [0.2, 0.25) is 0 Å². The van der Waals surface area contributed by atoms with Crippen LogP contribution in [0.1, 0.15) is 11.3 Å². The molecule has 0 N–H and O–H groups in total. The molecule has 0 saturated heterocycles. The minimum atomic E-state index is -0.313. The van der Waals surface area contributed by atoms with Gasteiger partial charge in [-0.3, -0.25) is 9.98 Å². The van der Waals surface area contributed by atoms with Crippen LogP contribution in [0.3, 0.4) is 0 Å². The molecule has 0 atom stereocenters. The van der Waals surface area contributed by atoms with Crippen molar-refractivity contribution in [3.8, 4) is 11.5 Å². The van der Waals surface area contributed by atoms with Gasteiger partial charge in [0.15, 0.2) is 0 Å². The standard InChI is InChI=1S/C21H17FN2OS/c1-14-9-20(7-8-23-14)26-13-17-10-15-5-6-19(12-21(15)24-17)25-18-4-2-3-16(22)11-18/h2-9,11-12H,10,13H2,1H3. The van der Waals surface area contributed by atoms with Crippen molar-refractivity contribution < 1.29 is 9.13 Å². The van der Waals surface area contributed by atoms with Crippen LogP contribution in [0.15, 0.2) is 70.7 Å². The van der Waals surface area contributed by atoms with Gasteiger partial charge in [0.1, 0.15) is 17.3 Å². The highest BCUT2D eigenvalue weighted by atomic mass is 32.2. The smallest absolute Gasteiger partial charge is 0.130 e. The van der Waals surface area contributed by atoms with Crippen LogP contribution in [0, 0.1) is 12.7 Å². The molecule has 3 aromatic rings. The third-order valence-electron chi connectivity index (χ3n) is 4.04. The van der Waals surface area contributed by atoms with Gasteiger partial charge in [-0.2, -0.15) is 0 Å². The van der Waals surface area contributed by atoms with E-state index in [0.29, 0.717) is 11.5 Å². The first-order valence-corrected chi connectivity index (χ1v) is 9.32. The van der Waals surface area contributed by atoms with Crippen molar-refractivity contribution in [3.05, 3.63) is 77.9 Å². The van der Waals surface area contributed by atoms with Gasteiger partial charge in [-0.1, -0.05) is 12.1 Å². The summed E-state index contributed by atoms with van der Waals surface area (Å²) in [6.07, 6.45) is 2.69. The molecule has 0 amide bonds. The Morgan fingerprint density at radius 3 is 2.81 bits per heavy atom. The SMILES string of the molecule is Cc1cc(SCC2=Nc3cc(Oc4cccc(F)c4)ccc3C2)ccn1. The first-order chi connectivity index (χ1) is 12.7. The maximum Gasteiger partial charge on any atom is 0.130 e. The van der Waals surface area contributed by atoms with Crippen LogP contribution < -0.4 is 4.74 Å². The second-order valence-corrected chi connectivity index (χ2v) is 7.18. The van der Waals surface area contributed by atoms with Gasteiger partial charge in [0.2, 0.25) is 0 Å². The molecule has 1 aliphatic rings. The molecule has 0 radical (unpaired) electrons. The number of fused-ring (bicyclic) bond motifs is 1. The molecule has 0 spiro atoms. The Labute approximate surface area is 156 Å². The van der Waals surface area contributed by atoms with E-state index in [1.54, 1.807) is 23.9 Å². The molecule has 0 unspecified atom stereocenters. The van der Waals surface area contributed by atoms with Gasteiger partial charge in [0.05, 0.1) is 5.69 Å². The zero-order valence-corrected chi connectivity index (χ0v) is 15.1. The molecule has 26 heavy (non-hydrogen) atoms. The minimum Gasteiger partial charge on any atom is -0.457 e. The molecule has 0 fully saturated rings. The monoisotopic (exact) mass is 364 g/mol. The van der Waals surface area contributed by atoms with Gasteiger partial charge in [0.25, 0.3) is 0 Å². The third kappa shape index (κ3) is 3.94. The van der Waals surface area contributed by atoms with Crippen molar-refractivity contribution in [1.82, 2.24) is 4.98 Å². The maximum atomic E-state index is 13.3. The number of hydrogen-bond donors (Lipinski definition) is 0. The number of aliphatic imine (C=N–C) groups is 1. The second-order valence-electron chi connectivity index (χ2n) is 6.13. The summed E-state index contributed by atoms with van der Waals surface area (Å²) >= 11 is 1.77. The lowest BCUT2D eigenvalue weighted by molar-refractivity contribution is 0.477.